The number of ether oxygens (including phenoxy) is 1. The van der Waals surface area contributed by atoms with Gasteiger partial charge in [0.15, 0.2) is 5.96 Å². The Labute approximate surface area is 465 Å². The topological polar surface area (TPSA) is 428 Å². The van der Waals surface area contributed by atoms with E-state index in [-0.39, 0.29) is 49.9 Å². The summed E-state index contributed by atoms with van der Waals surface area (Å²) in [5.41, 5.74) is 11.8. The summed E-state index contributed by atoms with van der Waals surface area (Å²) in [6.45, 7) is 10.6. The molecule has 1 fully saturated rings. The quantitative estimate of drug-likeness (QED) is 0.0453. The van der Waals surface area contributed by atoms with E-state index in [4.69, 9.17) is 16.2 Å². The highest BCUT2D eigenvalue weighted by Gasteiger charge is 2.41. The van der Waals surface area contributed by atoms with Gasteiger partial charge < -0.3 is 84.5 Å². The summed E-state index contributed by atoms with van der Waals surface area (Å²) in [6.07, 6.45) is -5.82. The first-order valence-electron chi connectivity index (χ1n) is 26.7. The van der Waals surface area contributed by atoms with Crippen molar-refractivity contribution in [2.24, 2.45) is 34.2 Å². The van der Waals surface area contributed by atoms with E-state index in [2.05, 4.69) is 58.2 Å². The minimum absolute atomic E-state index is 0.0107. The lowest BCUT2D eigenvalue weighted by Crippen LogP contribution is -2.64. The summed E-state index contributed by atoms with van der Waals surface area (Å²) in [5.74, 6) is -9.88. The van der Waals surface area contributed by atoms with E-state index in [0.717, 1.165) is 0 Å². The summed E-state index contributed by atoms with van der Waals surface area (Å²) in [4.78, 5) is 131. The molecule has 1 aliphatic rings. The fourth-order valence-corrected chi connectivity index (χ4v) is 8.23. The fraction of sp³-hybridized carbons (Fsp3) is 0.585. The maximum Gasteiger partial charge on any atom is 0.408 e. The maximum absolute atomic E-state index is 15.0. The number of hydrogen-bond acceptors (Lipinski definition) is 16. The molecule has 1 aliphatic heterocycles. The van der Waals surface area contributed by atoms with Crippen molar-refractivity contribution in [3.8, 4) is 0 Å². The number of hydrogen-bond donors (Lipinski definition) is 16. The Morgan fingerprint density at radius 2 is 1.25 bits per heavy atom. The molecule has 444 valence electrons. The van der Waals surface area contributed by atoms with Gasteiger partial charge in [0.05, 0.1) is 37.4 Å². The van der Waals surface area contributed by atoms with Gasteiger partial charge in [-0.25, -0.2) is 4.79 Å². The van der Waals surface area contributed by atoms with Crippen LogP contribution in [0.5, 0.6) is 0 Å². The number of benzene rings is 2. The number of β-amino-alcohol motifs (C(OH)–C–C–N with tert-alkyl or cyclic N) is 1. The summed E-state index contributed by atoms with van der Waals surface area (Å²) < 4.78 is 5.48. The van der Waals surface area contributed by atoms with Crippen molar-refractivity contribution in [2.45, 2.75) is 160 Å². The number of carbonyl (C=O) groups excluding carboxylic acids is 9. The number of nitrogens with one attached hydrogen (secondary N) is 10. The lowest BCUT2D eigenvalue weighted by atomic mass is 9.94. The third-order valence-electron chi connectivity index (χ3n) is 13.1. The average Bonchev–Trinajstić information content (AvgIpc) is 3.41. The Morgan fingerprint density at radius 3 is 1.82 bits per heavy atom. The maximum atomic E-state index is 15.0. The van der Waals surface area contributed by atoms with E-state index in [9.17, 15) is 63.6 Å². The number of rotatable bonds is 16. The van der Waals surface area contributed by atoms with Crippen LogP contribution in [0.15, 0.2) is 65.7 Å². The Kier molecular flexibility index (Phi) is 27.7. The first-order chi connectivity index (χ1) is 37.8. The van der Waals surface area contributed by atoms with Crippen molar-refractivity contribution in [3.05, 3.63) is 71.8 Å². The molecule has 1 saturated heterocycles. The van der Waals surface area contributed by atoms with Gasteiger partial charge in [0.25, 0.3) is 0 Å². The molecule has 0 aromatic heterocycles. The normalized spacial score (nSPS) is 26.0. The summed E-state index contributed by atoms with van der Waals surface area (Å²) in [6, 6.07) is 1.83. The van der Waals surface area contributed by atoms with Crippen molar-refractivity contribution < 1.29 is 68.3 Å². The van der Waals surface area contributed by atoms with Crippen molar-refractivity contribution in [3.63, 3.8) is 0 Å². The zero-order chi connectivity index (χ0) is 59.8. The molecule has 27 nitrogen and oxygen atoms in total. The average molecular weight is 1130 g/mol. The molecule has 18 N–H and O–H groups in total. The molecule has 0 spiro atoms. The molecule has 80 heavy (non-hydrogen) atoms. The fourth-order valence-electron chi connectivity index (χ4n) is 8.23. The molecule has 3 rings (SSSR count). The van der Waals surface area contributed by atoms with Gasteiger partial charge in [-0.2, -0.15) is 0 Å². The van der Waals surface area contributed by atoms with Gasteiger partial charge in [-0.05, 0) is 62.0 Å². The monoisotopic (exact) mass is 1130 g/mol. The van der Waals surface area contributed by atoms with Crippen molar-refractivity contribution in [1.82, 2.24) is 53.2 Å². The molecule has 2 aromatic rings. The molecule has 2 unspecified atom stereocenters. The highest BCUT2D eigenvalue weighted by atomic mass is 16.5. The number of aliphatic hydroxyl groups excluding tert-OH is 4. The van der Waals surface area contributed by atoms with Crippen LogP contribution in [0.2, 0.25) is 0 Å². The van der Waals surface area contributed by atoms with Crippen LogP contribution in [0.4, 0.5) is 4.79 Å². The number of nitrogens with two attached hydrogens (primary N) is 2. The third-order valence-corrected chi connectivity index (χ3v) is 13.1. The van der Waals surface area contributed by atoms with Crippen molar-refractivity contribution in [2.75, 3.05) is 19.7 Å². The molecule has 0 saturated carbocycles. The second-order valence-corrected chi connectivity index (χ2v) is 20.5. The highest BCUT2D eigenvalue weighted by molar-refractivity contribution is 5.98. The Morgan fingerprint density at radius 1 is 0.700 bits per heavy atom. The Hall–Kier alpha value is -7.46. The van der Waals surface area contributed by atoms with Gasteiger partial charge in [0, 0.05) is 6.54 Å². The molecular formula is C53H83N13O14. The summed E-state index contributed by atoms with van der Waals surface area (Å²) in [7, 11) is 0. The molecule has 2 aromatic carbocycles. The number of nitrogens with zero attached hydrogens (tertiary/aromatic N) is 1. The molecular weight excluding hydrogens is 1040 g/mol. The van der Waals surface area contributed by atoms with Crippen molar-refractivity contribution >= 4 is 59.3 Å². The second kappa shape index (κ2) is 33.2. The first kappa shape index (κ1) is 66.8. The lowest BCUT2D eigenvalue weighted by molar-refractivity contribution is -0.138. The number of aliphatic hydroxyl groups is 4. The minimum Gasteiger partial charge on any atom is -0.445 e. The molecule has 0 bridgehead atoms. The lowest BCUT2D eigenvalue weighted by Gasteiger charge is -2.33. The number of aliphatic imine (C=N–C) groups is 1. The van der Waals surface area contributed by atoms with E-state index >= 15 is 0 Å². The Balaban J connectivity index is 2.26. The van der Waals surface area contributed by atoms with Crippen LogP contribution < -0.4 is 64.6 Å². The van der Waals surface area contributed by atoms with Crippen LogP contribution in [0.3, 0.4) is 0 Å². The predicted octanol–water partition coefficient (Wildman–Crippen LogP) is -2.99. The van der Waals surface area contributed by atoms with Crippen LogP contribution in [0.1, 0.15) is 98.2 Å². The van der Waals surface area contributed by atoms with Gasteiger partial charge in [0.2, 0.25) is 47.3 Å². The summed E-state index contributed by atoms with van der Waals surface area (Å²) >= 11 is 0. The zero-order valence-corrected chi connectivity index (χ0v) is 46.6. The third kappa shape index (κ3) is 21.6. The van der Waals surface area contributed by atoms with E-state index in [1.165, 1.54) is 26.0 Å². The van der Waals surface area contributed by atoms with Gasteiger partial charge >= 0.3 is 6.09 Å². The van der Waals surface area contributed by atoms with Crippen LogP contribution in [-0.2, 0) is 49.7 Å². The van der Waals surface area contributed by atoms with Crippen LogP contribution in [-0.4, -0.2) is 166 Å². The predicted molar refractivity (Wildman–Crippen MR) is 293 cm³/mol. The molecule has 0 radical (unpaired) electrons. The number of guanidine groups is 1. The zero-order valence-electron chi connectivity index (χ0n) is 46.6. The van der Waals surface area contributed by atoms with Gasteiger partial charge in [-0.15, -0.1) is 0 Å². The standard InChI is InChI=1S/C53H83N13O14/c1-9-29(6)38-49(76)63-39(31(8)68)48(75)57-24-37(69)58-30(7)44(71)61-36(25-67)47(74)64-40(33-19-14-11-15-20-33)41(66-53(79)80-26-32-17-12-10-13-18-32)50(77)65-42(43(70)28(4)5)51(78)60-35(23-27(2)3)46(73)59-34(45(72)62-38)21-16-22-56-52(54)55/h10-15,17-20,27-31,34-43,58,67-70H,9,16,21-26H2,1-8H3,(H,57,75)(H,59,73)(H,60,78)(H,61,71)(H,62,72)(H,63,76)(H,64,74)(H,65,77)(H,66,79)(H4,54,55,56)/t29-,30?,31-,34+,35-,36-,37?,38-,39-,40+,41-,42-,43+/m0/s1. The highest BCUT2D eigenvalue weighted by Crippen LogP contribution is 2.20. The van der Waals surface area contributed by atoms with E-state index in [1.54, 1.807) is 90.1 Å². The second-order valence-electron chi connectivity index (χ2n) is 20.5. The number of amides is 9. The van der Waals surface area contributed by atoms with E-state index in [0.29, 0.717) is 12.0 Å². The Bertz CT molecular complexity index is 2400. The molecule has 9 amide bonds. The molecule has 1 heterocycles. The van der Waals surface area contributed by atoms with Gasteiger partial charge in [-0.3, -0.25) is 48.7 Å². The van der Waals surface area contributed by atoms with Crippen molar-refractivity contribution in [1.29, 1.82) is 0 Å². The smallest absolute Gasteiger partial charge is 0.408 e. The number of carbonyl (C=O) groups is 9. The molecule has 27 heteroatoms. The van der Waals surface area contributed by atoms with Gasteiger partial charge in [-0.1, -0.05) is 109 Å². The number of alkyl carbamates (subject to hydrolysis) is 1. The van der Waals surface area contributed by atoms with Gasteiger partial charge in [0.1, 0.15) is 55.1 Å². The largest absolute Gasteiger partial charge is 0.445 e. The molecule has 13 atom stereocenters. The SMILES string of the molecule is CC[C@H](C)[C@@H]1NC(=O)[C@@H](CCCN=C(N)N)NC(=O)[C@H](CC(C)C)NC(=O)[C@H]([C@H](O)C(C)C)NC(=O)[C@@H](NC(=O)OCc2ccccc2)[C@@H](c2ccccc2)NC(=O)[C@H](CO)NC(=O)C(C)NC(O)CNC(=O)[C@H]([C@H](C)O)NC1=O. The van der Waals surface area contributed by atoms with Crippen LogP contribution >= 0.6 is 0 Å². The van der Waals surface area contributed by atoms with Crippen LogP contribution in [0.25, 0.3) is 0 Å². The molecule has 0 aliphatic carbocycles. The summed E-state index contributed by atoms with van der Waals surface area (Å²) in [5, 5.41) is 69.0. The van der Waals surface area contributed by atoms with Crippen LogP contribution in [0, 0.1) is 17.8 Å². The van der Waals surface area contributed by atoms with E-state index in [1.807, 2.05) is 0 Å². The first-order valence-corrected chi connectivity index (χ1v) is 26.7. The minimum atomic E-state index is -1.91. The van der Waals surface area contributed by atoms with E-state index < -0.39 is 151 Å².